The monoisotopic (exact) mass is 333 g/mol. The normalized spacial score (nSPS) is 12.7. The van der Waals surface area contributed by atoms with Gasteiger partial charge in [0.05, 0.1) is 5.70 Å². The molecule has 1 heterocycles. The lowest BCUT2D eigenvalue weighted by atomic mass is 10.1. The highest BCUT2D eigenvalue weighted by molar-refractivity contribution is 7.84. The summed E-state index contributed by atoms with van der Waals surface area (Å²) in [5.41, 5.74) is 1.42. The summed E-state index contributed by atoms with van der Waals surface area (Å²) in [7, 11) is 0. The summed E-state index contributed by atoms with van der Waals surface area (Å²) in [5, 5.41) is 9.82. The first-order chi connectivity index (χ1) is 10.9. The molecule has 1 N–H and O–H groups in total. The van der Waals surface area contributed by atoms with Gasteiger partial charge in [-0.25, -0.2) is 4.79 Å². The van der Waals surface area contributed by atoms with Gasteiger partial charge in [0.1, 0.15) is 29.3 Å². The third kappa shape index (κ3) is 3.96. The van der Waals surface area contributed by atoms with Crippen LogP contribution >= 0.6 is 12.6 Å². The van der Waals surface area contributed by atoms with Gasteiger partial charge in [0, 0.05) is 16.5 Å². The molecule has 0 bridgehead atoms. The molecule has 0 radical (unpaired) electrons. The Balaban J connectivity index is 2.27. The highest BCUT2D eigenvalue weighted by Gasteiger charge is 2.17. The number of benzene rings is 1. The highest BCUT2D eigenvalue weighted by Crippen LogP contribution is 2.29. The molecule has 5 nitrogen and oxygen atoms in total. The van der Waals surface area contributed by atoms with Gasteiger partial charge >= 0.3 is 5.97 Å². The zero-order valence-corrected chi connectivity index (χ0v) is 14.2. The van der Waals surface area contributed by atoms with Crippen molar-refractivity contribution in [2.75, 3.05) is 6.61 Å². The number of ether oxygens (including phenoxy) is 1. The van der Waals surface area contributed by atoms with Crippen molar-refractivity contribution >= 4 is 35.8 Å². The van der Waals surface area contributed by atoms with Crippen LogP contribution in [0.2, 0.25) is 0 Å². The molecule has 0 saturated carbocycles. The van der Waals surface area contributed by atoms with E-state index in [1.54, 1.807) is 31.3 Å². The number of nitrogens with zero attached hydrogens (tertiary/aromatic N) is 1. The molecule has 122 valence electrons. The van der Waals surface area contributed by atoms with Gasteiger partial charge in [0.2, 0.25) is 0 Å². The first kappa shape index (κ1) is 17.1. The second kappa shape index (κ2) is 7.37. The quantitative estimate of drug-likeness (QED) is 0.605. The summed E-state index contributed by atoms with van der Waals surface area (Å²) in [6.45, 7) is 5.74. The molecule has 0 aliphatic rings. The minimum absolute atomic E-state index is 0.163. The van der Waals surface area contributed by atoms with Crippen LogP contribution in [0.25, 0.3) is 11.0 Å². The van der Waals surface area contributed by atoms with Gasteiger partial charge < -0.3 is 14.3 Å². The number of thiol groups is 1. The number of rotatable bonds is 6. The van der Waals surface area contributed by atoms with Gasteiger partial charge in [-0.3, -0.25) is 4.99 Å². The Kier molecular flexibility index (Phi) is 5.50. The van der Waals surface area contributed by atoms with E-state index in [4.69, 9.17) is 9.15 Å². The molecule has 0 fully saturated rings. The van der Waals surface area contributed by atoms with Crippen LogP contribution in [-0.2, 0) is 0 Å². The second-order valence-corrected chi connectivity index (χ2v) is 5.71. The lowest BCUT2D eigenvalue weighted by molar-refractivity contribution is 0.0697. The summed E-state index contributed by atoms with van der Waals surface area (Å²) in [5.74, 6) is -0.0821. The Bertz CT molecular complexity index is 785. The van der Waals surface area contributed by atoms with E-state index in [0.717, 1.165) is 17.0 Å². The molecule has 1 aromatic carbocycles. The molecule has 23 heavy (non-hydrogen) atoms. The average molecular weight is 333 g/mol. The summed E-state index contributed by atoms with van der Waals surface area (Å²) in [6, 6.07) is 5.12. The van der Waals surface area contributed by atoms with Crippen molar-refractivity contribution in [2.24, 2.45) is 4.99 Å². The van der Waals surface area contributed by atoms with Crippen LogP contribution in [0.15, 0.2) is 38.2 Å². The summed E-state index contributed by atoms with van der Waals surface area (Å²) >= 11 is 4.31. The van der Waals surface area contributed by atoms with Crippen molar-refractivity contribution in [3.8, 4) is 5.75 Å². The predicted molar refractivity (Wildman–Crippen MR) is 93.9 cm³/mol. The molecular weight excluding hydrogens is 314 g/mol. The lowest BCUT2D eigenvalue weighted by Gasteiger charge is -2.08. The molecule has 0 aliphatic carbocycles. The number of carboxylic acid groups (broad SMARTS) is 1. The Morgan fingerprint density at radius 2 is 2.22 bits per heavy atom. The summed E-state index contributed by atoms with van der Waals surface area (Å²) in [6.07, 6.45) is 2.62. The van der Waals surface area contributed by atoms with E-state index < -0.39 is 5.97 Å². The minimum Gasteiger partial charge on any atom is -0.487 e. The van der Waals surface area contributed by atoms with Crippen LogP contribution in [0.4, 0.5) is 0 Å². The van der Waals surface area contributed by atoms with E-state index in [0.29, 0.717) is 22.5 Å². The molecule has 0 aliphatic heterocycles. The fraction of sp³-hybridized carbons (Fsp3) is 0.294. The number of aryl methyl sites for hydroxylation is 1. The molecule has 0 unspecified atom stereocenters. The number of fused-ring (bicyclic) bond motifs is 1. The molecule has 0 spiro atoms. The van der Waals surface area contributed by atoms with Gasteiger partial charge in [-0.05, 0) is 38.5 Å². The number of carboxylic acids is 1. The Hall–Kier alpha value is -2.21. The maximum Gasteiger partial charge on any atom is 0.339 e. The maximum atomic E-state index is 11.3. The van der Waals surface area contributed by atoms with E-state index in [1.165, 1.54) is 0 Å². The topological polar surface area (TPSA) is 72.0 Å². The van der Waals surface area contributed by atoms with Crippen molar-refractivity contribution in [1.29, 1.82) is 0 Å². The Morgan fingerprint density at radius 3 is 2.83 bits per heavy atom. The Labute approximate surface area is 140 Å². The number of furan rings is 1. The van der Waals surface area contributed by atoms with Crippen LogP contribution in [0.3, 0.4) is 0 Å². The van der Waals surface area contributed by atoms with Gasteiger partial charge in [-0.1, -0.05) is 6.92 Å². The third-order valence-corrected chi connectivity index (χ3v) is 3.53. The SMILES string of the molecule is CCC=N/C(COc1ccc2oc(C)c(C(=O)O)c2c1)=C(/C)S. The fourth-order valence-electron chi connectivity index (χ4n) is 2.14. The molecule has 6 heteroatoms. The molecule has 1 aromatic heterocycles. The van der Waals surface area contributed by atoms with Crippen molar-refractivity contribution in [1.82, 2.24) is 0 Å². The first-order valence-electron chi connectivity index (χ1n) is 7.24. The smallest absolute Gasteiger partial charge is 0.339 e. The van der Waals surface area contributed by atoms with E-state index in [1.807, 2.05) is 13.8 Å². The number of carbonyl (C=O) groups is 1. The summed E-state index contributed by atoms with van der Waals surface area (Å²) < 4.78 is 11.2. The minimum atomic E-state index is -1.02. The van der Waals surface area contributed by atoms with Gasteiger partial charge in [0.25, 0.3) is 0 Å². The largest absolute Gasteiger partial charge is 0.487 e. The highest BCUT2D eigenvalue weighted by atomic mass is 32.1. The molecule has 0 saturated heterocycles. The molecule has 2 rings (SSSR count). The number of hydrogen-bond donors (Lipinski definition) is 2. The van der Waals surface area contributed by atoms with Crippen LogP contribution in [0, 0.1) is 6.92 Å². The fourth-order valence-corrected chi connectivity index (χ4v) is 2.27. The van der Waals surface area contributed by atoms with Gasteiger partial charge in [-0.15, -0.1) is 12.6 Å². The average Bonchev–Trinajstić information content (AvgIpc) is 2.82. The van der Waals surface area contributed by atoms with Crippen molar-refractivity contribution in [3.63, 3.8) is 0 Å². The van der Waals surface area contributed by atoms with Crippen molar-refractivity contribution in [3.05, 3.63) is 40.1 Å². The number of allylic oxidation sites excluding steroid dienone is 1. The van der Waals surface area contributed by atoms with E-state index >= 15 is 0 Å². The third-order valence-electron chi connectivity index (χ3n) is 3.27. The zero-order chi connectivity index (χ0) is 17.0. The van der Waals surface area contributed by atoms with Crippen LogP contribution < -0.4 is 4.74 Å². The van der Waals surface area contributed by atoms with Gasteiger partial charge in [0.15, 0.2) is 0 Å². The second-order valence-electron chi connectivity index (χ2n) is 5.04. The van der Waals surface area contributed by atoms with Gasteiger partial charge in [-0.2, -0.15) is 0 Å². The number of aromatic carboxylic acids is 1. The molecule has 2 aromatic rings. The molecule has 0 amide bonds. The number of aliphatic imine (C=N–C) groups is 1. The first-order valence-corrected chi connectivity index (χ1v) is 7.69. The maximum absolute atomic E-state index is 11.3. The molecular formula is C17H19NO4S. The van der Waals surface area contributed by atoms with Crippen LogP contribution in [0.5, 0.6) is 5.75 Å². The predicted octanol–water partition coefficient (Wildman–Crippen LogP) is 4.46. The zero-order valence-electron chi connectivity index (χ0n) is 13.3. The van der Waals surface area contributed by atoms with Crippen molar-refractivity contribution < 1.29 is 19.1 Å². The summed E-state index contributed by atoms with van der Waals surface area (Å²) in [4.78, 5) is 16.4. The van der Waals surface area contributed by atoms with E-state index in [-0.39, 0.29) is 12.2 Å². The van der Waals surface area contributed by atoms with Crippen molar-refractivity contribution in [2.45, 2.75) is 27.2 Å². The molecule has 0 atom stereocenters. The lowest BCUT2D eigenvalue weighted by Crippen LogP contribution is -2.01. The van der Waals surface area contributed by atoms with Crippen LogP contribution in [-0.4, -0.2) is 23.9 Å². The standard InChI is InChI=1S/C17H19NO4S/c1-4-7-18-14(11(3)23)9-21-12-5-6-15-13(8-12)16(17(19)20)10(2)22-15/h5-8,23H,4,9H2,1-3H3,(H,19,20)/b14-11-,18-7?. The number of hydrogen-bond acceptors (Lipinski definition) is 5. The van der Waals surface area contributed by atoms with Crippen LogP contribution in [0.1, 0.15) is 36.4 Å². The van der Waals surface area contributed by atoms with E-state index in [2.05, 4.69) is 17.6 Å². The Morgan fingerprint density at radius 1 is 1.48 bits per heavy atom. The van der Waals surface area contributed by atoms with E-state index in [9.17, 15) is 9.90 Å².